The molecule has 0 aromatic heterocycles. The normalized spacial score (nSPS) is 24.7. The molecule has 0 radical (unpaired) electrons. The molecule has 0 spiro atoms. The lowest BCUT2D eigenvalue weighted by Crippen LogP contribution is -2.33. The van der Waals surface area contributed by atoms with E-state index in [1.165, 1.54) is 6.07 Å². The summed E-state index contributed by atoms with van der Waals surface area (Å²) in [5.41, 5.74) is 7.12. The van der Waals surface area contributed by atoms with Crippen LogP contribution in [0.3, 0.4) is 0 Å². The first-order valence-corrected chi connectivity index (χ1v) is 6.45. The van der Waals surface area contributed by atoms with Gasteiger partial charge in [0.25, 0.3) is 0 Å². The van der Waals surface area contributed by atoms with Crippen LogP contribution in [0.5, 0.6) is 0 Å². The van der Waals surface area contributed by atoms with E-state index in [2.05, 4.69) is 4.90 Å². The van der Waals surface area contributed by atoms with Crippen LogP contribution in [0, 0.1) is 5.82 Å². The Morgan fingerprint density at radius 1 is 1.56 bits per heavy atom. The van der Waals surface area contributed by atoms with Crippen molar-refractivity contribution >= 4 is 11.6 Å². The molecular formula is C13H18ClFN2O. The molecule has 2 unspecified atom stereocenters. The lowest BCUT2D eigenvalue weighted by atomic mass is 10.0. The van der Waals surface area contributed by atoms with Crippen molar-refractivity contribution in [3.05, 3.63) is 34.6 Å². The monoisotopic (exact) mass is 272 g/mol. The molecule has 1 fully saturated rings. The van der Waals surface area contributed by atoms with Gasteiger partial charge in [0.2, 0.25) is 0 Å². The minimum absolute atomic E-state index is 0.0587. The maximum absolute atomic E-state index is 13.2. The summed E-state index contributed by atoms with van der Waals surface area (Å²) in [7, 11) is 1.68. The SMILES string of the molecule is COCCN1CCC(N)C1c1ccc(F)c(Cl)c1. The minimum Gasteiger partial charge on any atom is -0.383 e. The zero-order valence-corrected chi connectivity index (χ0v) is 11.2. The van der Waals surface area contributed by atoms with Gasteiger partial charge in [-0.05, 0) is 24.1 Å². The zero-order chi connectivity index (χ0) is 13.1. The lowest BCUT2D eigenvalue weighted by molar-refractivity contribution is 0.139. The average Bonchev–Trinajstić information content (AvgIpc) is 2.71. The number of methoxy groups -OCH3 is 1. The molecule has 18 heavy (non-hydrogen) atoms. The predicted molar refractivity (Wildman–Crippen MR) is 70.2 cm³/mol. The quantitative estimate of drug-likeness (QED) is 0.913. The second-order valence-electron chi connectivity index (χ2n) is 4.60. The van der Waals surface area contributed by atoms with Gasteiger partial charge in [0.05, 0.1) is 17.7 Å². The van der Waals surface area contributed by atoms with E-state index in [1.54, 1.807) is 19.2 Å². The third-order valence-corrected chi connectivity index (χ3v) is 3.71. The number of rotatable bonds is 4. The van der Waals surface area contributed by atoms with Gasteiger partial charge < -0.3 is 10.5 Å². The Labute approximate surface area is 112 Å². The van der Waals surface area contributed by atoms with Crippen LogP contribution in [-0.4, -0.2) is 37.7 Å². The van der Waals surface area contributed by atoms with Gasteiger partial charge in [-0.15, -0.1) is 0 Å². The van der Waals surface area contributed by atoms with Crippen molar-refractivity contribution in [2.24, 2.45) is 5.73 Å². The fraction of sp³-hybridized carbons (Fsp3) is 0.538. The molecule has 2 atom stereocenters. The smallest absolute Gasteiger partial charge is 0.141 e. The molecule has 3 nitrogen and oxygen atoms in total. The Hall–Kier alpha value is -0.680. The van der Waals surface area contributed by atoms with Crippen LogP contribution < -0.4 is 5.73 Å². The molecule has 1 aromatic rings. The van der Waals surface area contributed by atoms with Crippen molar-refractivity contribution in [3.8, 4) is 0 Å². The minimum atomic E-state index is -0.393. The van der Waals surface area contributed by atoms with Crippen molar-refractivity contribution in [1.82, 2.24) is 4.90 Å². The third-order valence-electron chi connectivity index (χ3n) is 3.42. The number of hydrogen-bond acceptors (Lipinski definition) is 3. The van der Waals surface area contributed by atoms with Crippen LogP contribution in [0.15, 0.2) is 18.2 Å². The first-order valence-electron chi connectivity index (χ1n) is 6.07. The van der Waals surface area contributed by atoms with Crippen LogP contribution in [0.2, 0.25) is 5.02 Å². The van der Waals surface area contributed by atoms with Crippen molar-refractivity contribution in [2.75, 3.05) is 26.8 Å². The molecule has 2 N–H and O–H groups in total. The molecule has 1 saturated heterocycles. The first kappa shape index (κ1) is 13.7. The highest BCUT2D eigenvalue weighted by Gasteiger charge is 2.32. The molecule has 0 amide bonds. The molecule has 5 heteroatoms. The van der Waals surface area contributed by atoms with Gasteiger partial charge in [-0.25, -0.2) is 4.39 Å². The summed E-state index contributed by atoms with van der Waals surface area (Å²) in [6, 6.07) is 4.99. The van der Waals surface area contributed by atoms with Crippen molar-refractivity contribution < 1.29 is 9.13 Å². The Balaban J connectivity index is 2.19. The summed E-state index contributed by atoms with van der Waals surface area (Å²) in [4.78, 5) is 2.26. The van der Waals surface area contributed by atoms with E-state index in [0.29, 0.717) is 6.61 Å². The highest BCUT2D eigenvalue weighted by Crippen LogP contribution is 2.32. The molecule has 1 heterocycles. The molecule has 2 rings (SSSR count). The van der Waals surface area contributed by atoms with E-state index in [4.69, 9.17) is 22.1 Å². The summed E-state index contributed by atoms with van der Waals surface area (Å²) >= 11 is 5.83. The van der Waals surface area contributed by atoms with E-state index in [0.717, 1.165) is 25.1 Å². The van der Waals surface area contributed by atoms with Crippen molar-refractivity contribution in [3.63, 3.8) is 0 Å². The summed E-state index contributed by atoms with van der Waals surface area (Å²) in [5, 5.41) is 0.151. The second-order valence-corrected chi connectivity index (χ2v) is 5.01. The number of nitrogens with zero attached hydrogens (tertiary/aromatic N) is 1. The third kappa shape index (κ3) is 2.83. The molecular weight excluding hydrogens is 255 g/mol. The molecule has 1 aromatic carbocycles. The fourth-order valence-corrected chi connectivity index (χ4v) is 2.69. The van der Waals surface area contributed by atoms with Crippen molar-refractivity contribution in [2.45, 2.75) is 18.5 Å². The van der Waals surface area contributed by atoms with Crippen LogP contribution in [0.1, 0.15) is 18.0 Å². The Kier molecular flexibility index (Phi) is 4.56. The maximum Gasteiger partial charge on any atom is 0.141 e. The molecule has 100 valence electrons. The largest absolute Gasteiger partial charge is 0.383 e. The Bertz CT molecular complexity index is 416. The van der Waals surface area contributed by atoms with Gasteiger partial charge >= 0.3 is 0 Å². The first-order chi connectivity index (χ1) is 8.63. The summed E-state index contributed by atoms with van der Waals surface area (Å²) in [5.74, 6) is -0.393. The van der Waals surface area contributed by atoms with Gasteiger partial charge in [0.1, 0.15) is 5.82 Å². The topological polar surface area (TPSA) is 38.5 Å². The fourth-order valence-electron chi connectivity index (χ4n) is 2.50. The lowest BCUT2D eigenvalue weighted by Gasteiger charge is -2.27. The van der Waals surface area contributed by atoms with E-state index in [9.17, 15) is 4.39 Å². The van der Waals surface area contributed by atoms with E-state index >= 15 is 0 Å². The highest BCUT2D eigenvalue weighted by atomic mass is 35.5. The van der Waals surface area contributed by atoms with Gasteiger partial charge in [0, 0.05) is 26.2 Å². The van der Waals surface area contributed by atoms with Crippen LogP contribution in [-0.2, 0) is 4.74 Å². The molecule has 0 aliphatic carbocycles. The molecule has 1 aliphatic rings. The van der Waals surface area contributed by atoms with Crippen LogP contribution in [0.4, 0.5) is 4.39 Å². The molecule has 0 saturated carbocycles. The Morgan fingerprint density at radius 2 is 2.33 bits per heavy atom. The number of likely N-dealkylation sites (tertiary alicyclic amines) is 1. The van der Waals surface area contributed by atoms with Gasteiger partial charge in [-0.1, -0.05) is 17.7 Å². The van der Waals surface area contributed by atoms with E-state index in [1.807, 2.05) is 0 Å². The standard InChI is InChI=1S/C13H18ClFN2O/c1-18-7-6-17-5-4-12(16)13(17)9-2-3-11(15)10(14)8-9/h2-3,8,12-13H,4-7,16H2,1H3. The zero-order valence-electron chi connectivity index (χ0n) is 10.4. The molecule has 1 aliphatic heterocycles. The van der Waals surface area contributed by atoms with E-state index < -0.39 is 5.82 Å². The predicted octanol–water partition coefficient (Wildman–Crippen LogP) is 2.20. The number of hydrogen-bond donors (Lipinski definition) is 1. The summed E-state index contributed by atoms with van der Waals surface area (Å²) < 4.78 is 18.3. The average molecular weight is 273 g/mol. The summed E-state index contributed by atoms with van der Waals surface area (Å²) in [6.07, 6.45) is 0.934. The van der Waals surface area contributed by atoms with Crippen molar-refractivity contribution in [1.29, 1.82) is 0 Å². The van der Waals surface area contributed by atoms with E-state index in [-0.39, 0.29) is 17.1 Å². The maximum atomic E-state index is 13.2. The molecule has 0 bridgehead atoms. The number of nitrogens with two attached hydrogens (primary N) is 1. The Morgan fingerprint density at radius 3 is 3.00 bits per heavy atom. The van der Waals surface area contributed by atoms with Crippen LogP contribution in [0.25, 0.3) is 0 Å². The number of ether oxygens (including phenoxy) is 1. The second kappa shape index (κ2) is 5.97. The summed E-state index contributed by atoms with van der Waals surface area (Å²) in [6.45, 7) is 2.42. The number of halogens is 2. The van der Waals surface area contributed by atoms with Gasteiger partial charge in [0.15, 0.2) is 0 Å². The van der Waals surface area contributed by atoms with Gasteiger partial charge in [-0.2, -0.15) is 0 Å². The van der Waals surface area contributed by atoms with Gasteiger partial charge in [-0.3, -0.25) is 4.90 Å². The highest BCUT2D eigenvalue weighted by molar-refractivity contribution is 6.30. The number of benzene rings is 1. The van der Waals surface area contributed by atoms with Crippen LogP contribution >= 0.6 is 11.6 Å².